The van der Waals surface area contributed by atoms with E-state index in [2.05, 4.69) is 15.3 Å². The zero-order valence-corrected chi connectivity index (χ0v) is 18.9. The van der Waals surface area contributed by atoms with Gasteiger partial charge >= 0.3 is 0 Å². The van der Waals surface area contributed by atoms with Gasteiger partial charge in [-0.1, -0.05) is 12.1 Å². The highest BCUT2D eigenvalue weighted by Crippen LogP contribution is 2.33. The molecule has 2 aromatic carbocycles. The normalized spacial score (nSPS) is 10.3. The molecule has 0 aliphatic carbocycles. The summed E-state index contributed by atoms with van der Waals surface area (Å²) in [6, 6.07) is 11.3. The summed E-state index contributed by atoms with van der Waals surface area (Å²) >= 11 is 0. The van der Waals surface area contributed by atoms with Crippen molar-refractivity contribution in [2.45, 2.75) is 0 Å². The summed E-state index contributed by atoms with van der Waals surface area (Å²) < 4.78 is 56.5. The number of rotatable bonds is 8. The van der Waals surface area contributed by atoms with Gasteiger partial charge < -0.3 is 19.5 Å². The summed E-state index contributed by atoms with van der Waals surface area (Å²) in [5, 5.41) is 2.68. The first-order valence-corrected chi connectivity index (χ1v) is 10.4. The first kappa shape index (κ1) is 25.4. The Morgan fingerprint density at radius 3 is 2.34 bits per heavy atom. The fourth-order valence-corrected chi connectivity index (χ4v) is 2.87. The van der Waals surface area contributed by atoms with Crippen molar-refractivity contribution in [3.8, 4) is 17.2 Å². The lowest BCUT2D eigenvalue weighted by Crippen LogP contribution is -2.04. The standard InChI is InChI=1S/C18H17F2N3O3.C7H5FO/c1-21-11-7-13(19)18(14(20)8-11)26-16-3-4-22-15-9-12(10-23-17(15)16)25-6-5-24-2;8-7-4-2-1-3-6(7)5-9/h3-4,7-10,21H,5-6H2,1-2H3;1-5H. The van der Waals surface area contributed by atoms with E-state index in [-0.39, 0.29) is 11.3 Å². The molecule has 0 fully saturated rings. The number of aldehydes is 1. The monoisotopic (exact) mass is 485 g/mol. The lowest BCUT2D eigenvalue weighted by atomic mass is 10.2. The summed E-state index contributed by atoms with van der Waals surface area (Å²) in [6.45, 7) is 0.809. The second kappa shape index (κ2) is 12.3. The van der Waals surface area contributed by atoms with Crippen molar-refractivity contribution in [2.75, 3.05) is 32.7 Å². The number of aromatic nitrogens is 2. The van der Waals surface area contributed by atoms with Gasteiger partial charge in [0.05, 0.1) is 23.9 Å². The van der Waals surface area contributed by atoms with Crippen LogP contribution in [-0.2, 0) is 4.74 Å². The minimum atomic E-state index is -0.821. The second-order valence-corrected chi connectivity index (χ2v) is 6.95. The number of nitrogens with one attached hydrogen (secondary N) is 1. The van der Waals surface area contributed by atoms with Crippen LogP contribution in [0.5, 0.6) is 17.2 Å². The Morgan fingerprint density at radius 1 is 0.971 bits per heavy atom. The quantitative estimate of drug-likeness (QED) is 0.264. The van der Waals surface area contributed by atoms with E-state index in [9.17, 15) is 18.0 Å². The molecule has 2 heterocycles. The van der Waals surface area contributed by atoms with E-state index in [0.717, 1.165) is 12.1 Å². The number of carbonyl (C=O) groups is 1. The Balaban J connectivity index is 0.000000320. The molecule has 0 radical (unpaired) electrons. The molecule has 0 amide bonds. The summed E-state index contributed by atoms with van der Waals surface area (Å²) in [6.07, 6.45) is 3.45. The molecule has 4 aromatic rings. The van der Waals surface area contributed by atoms with Crippen LogP contribution in [0, 0.1) is 17.5 Å². The van der Waals surface area contributed by atoms with Crippen molar-refractivity contribution in [1.29, 1.82) is 0 Å². The van der Waals surface area contributed by atoms with E-state index < -0.39 is 23.2 Å². The second-order valence-electron chi connectivity index (χ2n) is 6.95. The van der Waals surface area contributed by atoms with Crippen LogP contribution in [-0.4, -0.2) is 43.6 Å². The van der Waals surface area contributed by atoms with E-state index in [1.165, 1.54) is 30.6 Å². The number of halogens is 3. The molecule has 0 spiro atoms. The van der Waals surface area contributed by atoms with Gasteiger partial charge in [0.15, 0.2) is 29.4 Å². The summed E-state index contributed by atoms with van der Waals surface area (Å²) in [5.41, 5.74) is 1.26. The van der Waals surface area contributed by atoms with Gasteiger partial charge in [-0.2, -0.15) is 0 Å². The zero-order valence-electron chi connectivity index (χ0n) is 18.9. The molecule has 4 rings (SSSR count). The topological polar surface area (TPSA) is 82.6 Å². The molecule has 0 saturated carbocycles. The molecule has 0 unspecified atom stereocenters. The van der Waals surface area contributed by atoms with Gasteiger partial charge in [0, 0.05) is 50.3 Å². The summed E-state index contributed by atoms with van der Waals surface area (Å²) in [5.74, 6) is -1.91. The Hall–Kier alpha value is -4.18. The number of hydrogen-bond donors (Lipinski definition) is 1. The molecule has 0 saturated heterocycles. The fourth-order valence-electron chi connectivity index (χ4n) is 2.87. The molecule has 10 heteroatoms. The van der Waals surface area contributed by atoms with Crippen molar-refractivity contribution in [3.05, 3.63) is 83.9 Å². The van der Waals surface area contributed by atoms with Crippen molar-refractivity contribution in [2.24, 2.45) is 0 Å². The van der Waals surface area contributed by atoms with Gasteiger partial charge in [-0.3, -0.25) is 9.78 Å². The predicted octanol–water partition coefficient (Wildman–Crippen LogP) is 5.41. The third-order valence-corrected chi connectivity index (χ3v) is 4.60. The molecule has 182 valence electrons. The average molecular weight is 485 g/mol. The van der Waals surface area contributed by atoms with Gasteiger partial charge in [-0.05, 0) is 12.1 Å². The summed E-state index contributed by atoms with van der Waals surface area (Å²) in [7, 11) is 3.15. The number of nitrogens with zero attached hydrogens (tertiary/aromatic N) is 2. The van der Waals surface area contributed by atoms with Gasteiger partial charge in [-0.25, -0.2) is 18.2 Å². The van der Waals surface area contributed by atoms with Crippen LogP contribution in [0.25, 0.3) is 11.0 Å². The lowest BCUT2D eigenvalue weighted by molar-refractivity contribution is 0.112. The minimum absolute atomic E-state index is 0.109. The third-order valence-electron chi connectivity index (χ3n) is 4.60. The van der Waals surface area contributed by atoms with E-state index >= 15 is 0 Å². The molecule has 7 nitrogen and oxygen atoms in total. The van der Waals surface area contributed by atoms with Crippen molar-refractivity contribution < 1.29 is 32.2 Å². The van der Waals surface area contributed by atoms with Crippen LogP contribution < -0.4 is 14.8 Å². The molecule has 35 heavy (non-hydrogen) atoms. The lowest BCUT2D eigenvalue weighted by Gasteiger charge is -2.12. The van der Waals surface area contributed by atoms with E-state index in [1.807, 2.05) is 0 Å². The van der Waals surface area contributed by atoms with Crippen molar-refractivity contribution >= 4 is 23.0 Å². The fraction of sp³-hybridized carbons (Fsp3) is 0.160. The molecular weight excluding hydrogens is 463 g/mol. The van der Waals surface area contributed by atoms with Crippen molar-refractivity contribution in [3.63, 3.8) is 0 Å². The first-order chi connectivity index (χ1) is 17.0. The van der Waals surface area contributed by atoms with E-state index in [1.54, 1.807) is 32.4 Å². The van der Waals surface area contributed by atoms with E-state index in [4.69, 9.17) is 14.2 Å². The molecule has 1 N–H and O–H groups in total. The summed E-state index contributed by atoms with van der Waals surface area (Å²) in [4.78, 5) is 18.4. The number of benzene rings is 2. The maximum absolute atomic E-state index is 14.1. The highest BCUT2D eigenvalue weighted by Gasteiger charge is 2.16. The molecule has 0 aliphatic heterocycles. The molecule has 0 atom stereocenters. The Kier molecular flexibility index (Phi) is 8.96. The maximum Gasteiger partial charge on any atom is 0.198 e. The maximum atomic E-state index is 14.1. The zero-order chi connectivity index (χ0) is 25.2. The Labute approximate surface area is 199 Å². The van der Waals surface area contributed by atoms with Crippen LogP contribution in [0.2, 0.25) is 0 Å². The molecule has 2 aromatic heterocycles. The highest BCUT2D eigenvalue weighted by molar-refractivity contribution is 5.81. The van der Waals surface area contributed by atoms with Gasteiger partial charge in [0.25, 0.3) is 0 Å². The van der Waals surface area contributed by atoms with Crippen LogP contribution in [0.15, 0.2) is 60.9 Å². The van der Waals surface area contributed by atoms with Gasteiger partial charge in [0.1, 0.15) is 23.7 Å². The third kappa shape index (κ3) is 6.67. The number of hydrogen-bond acceptors (Lipinski definition) is 7. The number of carbonyl (C=O) groups excluding carboxylic acids is 1. The highest BCUT2D eigenvalue weighted by atomic mass is 19.1. The number of fused-ring (bicyclic) bond motifs is 1. The average Bonchev–Trinajstić information content (AvgIpc) is 2.87. The predicted molar refractivity (Wildman–Crippen MR) is 125 cm³/mol. The number of ether oxygens (including phenoxy) is 3. The van der Waals surface area contributed by atoms with Crippen LogP contribution in [0.4, 0.5) is 18.9 Å². The minimum Gasteiger partial charge on any atom is -0.489 e. The SMILES string of the molecule is CNc1cc(F)c(Oc2ccnc3cc(OCCOC)cnc23)c(F)c1.O=Cc1ccccc1F. The van der Waals surface area contributed by atoms with Gasteiger partial charge in [0.2, 0.25) is 0 Å². The number of methoxy groups -OCH3 is 1. The van der Waals surface area contributed by atoms with E-state index in [0.29, 0.717) is 42.0 Å². The smallest absolute Gasteiger partial charge is 0.198 e. The number of anilines is 1. The molecule has 0 bridgehead atoms. The first-order valence-electron chi connectivity index (χ1n) is 10.4. The number of pyridine rings is 2. The van der Waals surface area contributed by atoms with Gasteiger partial charge in [-0.15, -0.1) is 0 Å². The van der Waals surface area contributed by atoms with Crippen LogP contribution in [0.1, 0.15) is 10.4 Å². The van der Waals surface area contributed by atoms with Crippen LogP contribution >= 0.6 is 0 Å². The molecule has 0 aliphatic rings. The molecular formula is C25H22F3N3O4. The Morgan fingerprint density at radius 2 is 1.71 bits per heavy atom. The van der Waals surface area contributed by atoms with Crippen molar-refractivity contribution in [1.82, 2.24) is 9.97 Å². The Bertz CT molecular complexity index is 1280. The largest absolute Gasteiger partial charge is 0.489 e. The van der Waals surface area contributed by atoms with Crippen LogP contribution in [0.3, 0.4) is 0 Å².